The first-order valence-corrected chi connectivity index (χ1v) is 8.88. The van der Waals surface area contributed by atoms with E-state index in [-0.39, 0.29) is 11.3 Å². The zero-order valence-electron chi connectivity index (χ0n) is 14.4. The minimum Gasteiger partial charge on any atom is -0.381 e. The van der Waals surface area contributed by atoms with Crippen LogP contribution in [-0.4, -0.2) is 64.9 Å². The molecule has 4 heterocycles. The summed E-state index contributed by atoms with van der Waals surface area (Å²) in [5.41, 5.74) is 1.30. The smallest absolute Gasteiger partial charge is 0.228 e. The highest BCUT2D eigenvalue weighted by atomic mass is 16.5. The molecule has 3 aliphatic rings. The number of ether oxygens (including phenoxy) is 1. The van der Waals surface area contributed by atoms with E-state index in [1.165, 1.54) is 5.56 Å². The summed E-state index contributed by atoms with van der Waals surface area (Å²) in [6.07, 6.45) is 10.2. The monoisotopic (exact) mass is 330 g/mol. The number of hydrogen-bond donors (Lipinski definition) is 0. The average molecular weight is 330 g/mol. The van der Waals surface area contributed by atoms with E-state index in [4.69, 9.17) is 4.74 Å². The molecular formula is C18H26N4O2. The lowest BCUT2D eigenvalue weighted by molar-refractivity contribution is -0.139. The minimum atomic E-state index is 0.0835. The summed E-state index contributed by atoms with van der Waals surface area (Å²) >= 11 is 0. The van der Waals surface area contributed by atoms with E-state index in [0.29, 0.717) is 5.91 Å². The molecule has 0 bridgehead atoms. The SMILES string of the molecule is Cn1cc(CN2C[C@@H](C(=O)N3CC=CC3)C3(CCOCC3)C2)cn1. The molecule has 6 heteroatoms. The minimum absolute atomic E-state index is 0.0835. The van der Waals surface area contributed by atoms with Gasteiger partial charge in [-0.2, -0.15) is 5.10 Å². The molecule has 0 N–H and O–H groups in total. The van der Waals surface area contributed by atoms with Gasteiger partial charge in [0.2, 0.25) is 5.91 Å². The third-order valence-corrected chi connectivity index (χ3v) is 5.80. The lowest BCUT2D eigenvalue weighted by Crippen LogP contribution is -2.45. The van der Waals surface area contributed by atoms with Crippen molar-refractivity contribution in [1.29, 1.82) is 0 Å². The normalized spacial score (nSPS) is 26.5. The Hall–Kier alpha value is -1.66. The number of carbonyl (C=O) groups is 1. The molecular weight excluding hydrogens is 304 g/mol. The van der Waals surface area contributed by atoms with Crippen molar-refractivity contribution in [2.45, 2.75) is 19.4 Å². The third-order valence-electron chi connectivity index (χ3n) is 5.80. The Bertz CT molecular complexity index is 625. The van der Waals surface area contributed by atoms with E-state index < -0.39 is 0 Å². The second-order valence-corrected chi connectivity index (χ2v) is 7.43. The summed E-state index contributed by atoms with van der Waals surface area (Å²) in [6.45, 7) is 5.81. The number of nitrogens with zero attached hydrogens (tertiary/aromatic N) is 4. The largest absolute Gasteiger partial charge is 0.381 e. The molecule has 1 amide bonds. The van der Waals surface area contributed by atoms with Crippen molar-refractivity contribution in [1.82, 2.24) is 19.6 Å². The van der Waals surface area contributed by atoms with E-state index in [9.17, 15) is 4.79 Å². The van der Waals surface area contributed by atoms with Crippen LogP contribution in [0.1, 0.15) is 18.4 Å². The fourth-order valence-corrected chi connectivity index (χ4v) is 4.51. The molecule has 0 saturated carbocycles. The van der Waals surface area contributed by atoms with Crippen molar-refractivity contribution in [2.24, 2.45) is 18.4 Å². The van der Waals surface area contributed by atoms with E-state index in [2.05, 4.69) is 28.3 Å². The predicted octanol–water partition coefficient (Wildman–Crippen LogP) is 1.05. The van der Waals surface area contributed by atoms with Crippen molar-refractivity contribution in [2.75, 3.05) is 39.4 Å². The summed E-state index contributed by atoms with van der Waals surface area (Å²) in [4.78, 5) is 17.6. The van der Waals surface area contributed by atoms with Crippen LogP contribution in [0.25, 0.3) is 0 Å². The molecule has 6 nitrogen and oxygen atoms in total. The van der Waals surface area contributed by atoms with E-state index >= 15 is 0 Å². The molecule has 0 aliphatic carbocycles. The second kappa shape index (κ2) is 6.33. The molecule has 0 aromatic carbocycles. The fourth-order valence-electron chi connectivity index (χ4n) is 4.51. The topological polar surface area (TPSA) is 50.6 Å². The lowest BCUT2D eigenvalue weighted by atomic mass is 9.71. The van der Waals surface area contributed by atoms with Crippen LogP contribution in [-0.2, 0) is 23.1 Å². The quantitative estimate of drug-likeness (QED) is 0.778. The molecule has 3 aliphatic heterocycles. The highest BCUT2D eigenvalue weighted by molar-refractivity contribution is 5.81. The number of aryl methyl sites for hydroxylation is 1. The molecule has 24 heavy (non-hydrogen) atoms. The van der Waals surface area contributed by atoms with Crippen LogP contribution >= 0.6 is 0 Å². The van der Waals surface area contributed by atoms with Gasteiger partial charge in [0.05, 0.1) is 12.1 Å². The van der Waals surface area contributed by atoms with Crippen LogP contribution < -0.4 is 0 Å². The Morgan fingerprint density at radius 2 is 2.08 bits per heavy atom. The zero-order chi connectivity index (χ0) is 16.6. The highest BCUT2D eigenvalue weighted by Crippen LogP contribution is 2.45. The van der Waals surface area contributed by atoms with Crippen molar-refractivity contribution in [3.05, 3.63) is 30.1 Å². The molecule has 0 unspecified atom stereocenters. The van der Waals surface area contributed by atoms with Gasteiger partial charge in [0.1, 0.15) is 0 Å². The van der Waals surface area contributed by atoms with Gasteiger partial charge in [-0.1, -0.05) is 12.2 Å². The third kappa shape index (κ3) is 2.89. The first-order chi connectivity index (χ1) is 11.7. The van der Waals surface area contributed by atoms with Crippen LogP contribution in [0.5, 0.6) is 0 Å². The van der Waals surface area contributed by atoms with Gasteiger partial charge >= 0.3 is 0 Å². The molecule has 130 valence electrons. The lowest BCUT2D eigenvalue weighted by Gasteiger charge is -2.38. The number of amides is 1. The summed E-state index contributed by atoms with van der Waals surface area (Å²) in [6, 6.07) is 0. The van der Waals surface area contributed by atoms with Gasteiger partial charge < -0.3 is 9.64 Å². The molecule has 2 saturated heterocycles. The number of likely N-dealkylation sites (tertiary alicyclic amines) is 1. The molecule has 0 radical (unpaired) electrons. The molecule has 4 rings (SSSR count). The van der Waals surface area contributed by atoms with E-state index in [0.717, 1.165) is 58.8 Å². The van der Waals surface area contributed by atoms with E-state index in [1.54, 1.807) is 0 Å². The standard InChI is InChI=1S/C18H26N4O2/c1-20-11-15(10-19-20)12-21-13-16(17(23)22-6-2-3-7-22)18(14-21)4-8-24-9-5-18/h2-3,10-11,16H,4-9,12-14H2,1H3/t16-/m0/s1. The van der Waals surface area contributed by atoms with Crippen molar-refractivity contribution in [3.63, 3.8) is 0 Å². The fraction of sp³-hybridized carbons (Fsp3) is 0.667. The Labute approximate surface area is 143 Å². The number of aromatic nitrogens is 2. The van der Waals surface area contributed by atoms with Gasteiger partial charge in [0.15, 0.2) is 0 Å². The summed E-state index contributed by atoms with van der Waals surface area (Å²) < 4.78 is 7.44. The highest BCUT2D eigenvalue weighted by Gasteiger charge is 2.51. The summed E-state index contributed by atoms with van der Waals surface area (Å²) in [5, 5.41) is 4.27. The first-order valence-electron chi connectivity index (χ1n) is 8.88. The Balaban J connectivity index is 1.52. The van der Waals surface area contributed by atoms with Gasteiger partial charge in [0, 0.05) is 70.2 Å². The second-order valence-electron chi connectivity index (χ2n) is 7.43. The van der Waals surface area contributed by atoms with Crippen molar-refractivity contribution < 1.29 is 9.53 Å². The van der Waals surface area contributed by atoms with Gasteiger partial charge in [-0.15, -0.1) is 0 Å². The Morgan fingerprint density at radius 1 is 1.33 bits per heavy atom. The maximum Gasteiger partial charge on any atom is 0.228 e. The zero-order valence-corrected chi connectivity index (χ0v) is 14.4. The predicted molar refractivity (Wildman–Crippen MR) is 90.2 cm³/mol. The molecule has 2 fully saturated rings. The number of hydrogen-bond acceptors (Lipinski definition) is 4. The molecule has 1 atom stereocenters. The maximum absolute atomic E-state index is 13.1. The van der Waals surface area contributed by atoms with Crippen LogP contribution in [0.15, 0.2) is 24.5 Å². The summed E-state index contributed by atoms with van der Waals surface area (Å²) in [5.74, 6) is 0.425. The Kier molecular flexibility index (Phi) is 4.18. The molecule has 1 spiro atoms. The van der Waals surface area contributed by atoms with Gasteiger partial charge in [-0.05, 0) is 12.8 Å². The van der Waals surface area contributed by atoms with Gasteiger partial charge in [-0.25, -0.2) is 0 Å². The molecule has 1 aromatic rings. The number of carbonyl (C=O) groups excluding carboxylic acids is 1. The summed E-state index contributed by atoms with van der Waals surface area (Å²) in [7, 11) is 1.94. The molecule has 1 aromatic heterocycles. The Morgan fingerprint density at radius 3 is 2.75 bits per heavy atom. The van der Waals surface area contributed by atoms with Crippen LogP contribution in [0.2, 0.25) is 0 Å². The van der Waals surface area contributed by atoms with Crippen molar-refractivity contribution >= 4 is 5.91 Å². The maximum atomic E-state index is 13.1. The van der Waals surface area contributed by atoms with Crippen molar-refractivity contribution in [3.8, 4) is 0 Å². The van der Waals surface area contributed by atoms with Crippen LogP contribution in [0, 0.1) is 11.3 Å². The van der Waals surface area contributed by atoms with E-state index in [1.807, 2.05) is 22.8 Å². The first kappa shape index (κ1) is 15.8. The van der Waals surface area contributed by atoms with Gasteiger partial charge in [0.25, 0.3) is 0 Å². The van der Waals surface area contributed by atoms with Crippen LogP contribution in [0.4, 0.5) is 0 Å². The van der Waals surface area contributed by atoms with Crippen LogP contribution in [0.3, 0.4) is 0 Å². The number of rotatable bonds is 3. The van der Waals surface area contributed by atoms with Gasteiger partial charge in [-0.3, -0.25) is 14.4 Å². The average Bonchev–Trinajstić information content (AvgIpc) is 3.30.